The SMILES string of the molecule is COc1ccc(C(=O)NC(C)c2ccn(-c3ccccc3C)n2)cc1[N+](=O)[O-]. The van der Waals surface area contributed by atoms with Gasteiger partial charge in [0.05, 0.1) is 29.5 Å². The van der Waals surface area contributed by atoms with Gasteiger partial charge in [-0.3, -0.25) is 14.9 Å². The van der Waals surface area contributed by atoms with E-state index in [-0.39, 0.29) is 23.0 Å². The summed E-state index contributed by atoms with van der Waals surface area (Å²) in [4.78, 5) is 23.1. The number of methoxy groups -OCH3 is 1. The van der Waals surface area contributed by atoms with Crippen LogP contribution in [0.25, 0.3) is 5.69 Å². The maximum atomic E-state index is 12.5. The lowest BCUT2D eigenvalue weighted by molar-refractivity contribution is -0.385. The second kappa shape index (κ2) is 7.91. The van der Waals surface area contributed by atoms with E-state index >= 15 is 0 Å². The second-order valence-corrected chi connectivity index (χ2v) is 6.31. The number of ether oxygens (including phenoxy) is 1. The molecule has 2 aromatic carbocycles. The lowest BCUT2D eigenvalue weighted by atomic mass is 10.1. The Kier molecular flexibility index (Phi) is 5.39. The molecular weight excluding hydrogens is 360 g/mol. The smallest absolute Gasteiger partial charge is 0.311 e. The van der Waals surface area contributed by atoms with Crippen LogP contribution in [0.4, 0.5) is 5.69 Å². The van der Waals surface area contributed by atoms with Gasteiger partial charge in [0.15, 0.2) is 5.75 Å². The first-order valence-electron chi connectivity index (χ1n) is 8.65. The molecule has 1 N–H and O–H groups in total. The molecule has 28 heavy (non-hydrogen) atoms. The molecule has 1 aromatic heterocycles. The van der Waals surface area contributed by atoms with Gasteiger partial charge in [-0.1, -0.05) is 18.2 Å². The van der Waals surface area contributed by atoms with Crippen LogP contribution in [0.3, 0.4) is 0 Å². The summed E-state index contributed by atoms with van der Waals surface area (Å²) in [7, 11) is 1.34. The maximum Gasteiger partial charge on any atom is 0.311 e. The van der Waals surface area contributed by atoms with Crippen molar-refractivity contribution in [2.45, 2.75) is 19.9 Å². The molecule has 1 atom stereocenters. The molecule has 3 rings (SSSR count). The third kappa shape index (κ3) is 3.85. The van der Waals surface area contributed by atoms with E-state index < -0.39 is 10.8 Å². The highest BCUT2D eigenvalue weighted by atomic mass is 16.6. The molecule has 3 aromatic rings. The van der Waals surface area contributed by atoms with Crippen LogP contribution in [-0.2, 0) is 0 Å². The summed E-state index contributed by atoms with van der Waals surface area (Å²) in [6.45, 7) is 3.80. The van der Waals surface area contributed by atoms with Crippen molar-refractivity contribution in [2.24, 2.45) is 0 Å². The maximum absolute atomic E-state index is 12.5. The van der Waals surface area contributed by atoms with E-state index in [2.05, 4.69) is 10.4 Å². The van der Waals surface area contributed by atoms with Crippen LogP contribution in [-0.4, -0.2) is 27.7 Å². The molecule has 0 radical (unpaired) electrons. The Morgan fingerprint density at radius 2 is 2.00 bits per heavy atom. The van der Waals surface area contributed by atoms with E-state index in [0.29, 0.717) is 5.69 Å². The molecule has 0 spiro atoms. The zero-order valence-electron chi connectivity index (χ0n) is 15.7. The Balaban J connectivity index is 1.77. The van der Waals surface area contributed by atoms with Gasteiger partial charge in [-0.05, 0) is 43.7 Å². The summed E-state index contributed by atoms with van der Waals surface area (Å²) in [5.41, 5.74) is 2.64. The standard InChI is InChI=1S/C20H20N4O4/c1-13-6-4-5-7-17(13)23-11-10-16(22-23)14(2)21-20(25)15-8-9-19(28-3)18(12-15)24(26)27/h4-12,14H,1-3H3,(H,21,25). The number of aryl methyl sites for hydroxylation is 1. The Bertz CT molecular complexity index is 1030. The third-order valence-electron chi connectivity index (χ3n) is 4.40. The third-order valence-corrected chi connectivity index (χ3v) is 4.40. The normalized spacial score (nSPS) is 11.7. The predicted molar refractivity (Wildman–Crippen MR) is 104 cm³/mol. The molecule has 1 heterocycles. The quantitative estimate of drug-likeness (QED) is 0.520. The van der Waals surface area contributed by atoms with Crippen molar-refractivity contribution in [1.82, 2.24) is 15.1 Å². The Labute approximate surface area is 161 Å². The van der Waals surface area contributed by atoms with E-state index in [1.807, 2.05) is 43.5 Å². The minimum Gasteiger partial charge on any atom is -0.490 e. The first-order valence-corrected chi connectivity index (χ1v) is 8.65. The van der Waals surface area contributed by atoms with Crippen LogP contribution in [0, 0.1) is 17.0 Å². The van der Waals surface area contributed by atoms with Gasteiger partial charge in [-0.2, -0.15) is 5.10 Å². The van der Waals surface area contributed by atoms with Crippen LogP contribution in [0.2, 0.25) is 0 Å². The molecule has 0 saturated heterocycles. The molecule has 0 saturated carbocycles. The molecule has 0 aliphatic heterocycles. The second-order valence-electron chi connectivity index (χ2n) is 6.31. The number of hydrogen-bond donors (Lipinski definition) is 1. The molecule has 8 heteroatoms. The number of aromatic nitrogens is 2. The average molecular weight is 380 g/mol. The highest BCUT2D eigenvalue weighted by Crippen LogP contribution is 2.27. The zero-order chi connectivity index (χ0) is 20.3. The highest BCUT2D eigenvalue weighted by molar-refractivity contribution is 5.95. The summed E-state index contributed by atoms with van der Waals surface area (Å²) in [5, 5.41) is 18.5. The number of carbonyl (C=O) groups is 1. The van der Waals surface area contributed by atoms with Crippen molar-refractivity contribution in [1.29, 1.82) is 0 Å². The van der Waals surface area contributed by atoms with E-state index in [1.54, 1.807) is 11.6 Å². The number of benzene rings is 2. The summed E-state index contributed by atoms with van der Waals surface area (Å²) in [5.74, 6) is -0.324. The van der Waals surface area contributed by atoms with Gasteiger partial charge in [0.1, 0.15) is 0 Å². The fraction of sp³-hybridized carbons (Fsp3) is 0.200. The first kappa shape index (κ1) is 19.1. The molecule has 0 aliphatic carbocycles. The number of nitrogens with one attached hydrogen (secondary N) is 1. The number of para-hydroxylation sites is 1. The first-order chi connectivity index (χ1) is 13.4. The lowest BCUT2D eigenvalue weighted by Gasteiger charge is -2.12. The lowest BCUT2D eigenvalue weighted by Crippen LogP contribution is -2.27. The minimum absolute atomic E-state index is 0.103. The molecule has 0 aliphatic rings. The van der Waals surface area contributed by atoms with Crippen molar-refractivity contribution in [3.8, 4) is 11.4 Å². The van der Waals surface area contributed by atoms with Crippen molar-refractivity contribution in [3.63, 3.8) is 0 Å². The van der Waals surface area contributed by atoms with E-state index in [4.69, 9.17) is 4.74 Å². The van der Waals surface area contributed by atoms with Gasteiger partial charge in [-0.15, -0.1) is 0 Å². The number of rotatable bonds is 6. The largest absolute Gasteiger partial charge is 0.490 e. The van der Waals surface area contributed by atoms with E-state index in [1.165, 1.54) is 25.3 Å². The van der Waals surface area contributed by atoms with Gasteiger partial charge in [0, 0.05) is 17.8 Å². The molecule has 0 bridgehead atoms. The van der Waals surface area contributed by atoms with Crippen molar-refractivity contribution < 1.29 is 14.5 Å². The Hall–Kier alpha value is -3.68. The molecule has 144 valence electrons. The molecular formula is C20H20N4O4. The number of nitro benzene ring substituents is 1. The van der Waals surface area contributed by atoms with Gasteiger partial charge < -0.3 is 10.1 Å². The number of nitrogens with zero attached hydrogens (tertiary/aromatic N) is 3. The summed E-state index contributed by atoms with van der Waals surface area (Å²) < 4.78 is 6.72. The average Bonchev–Trinajstić information content (AvgIpc) is 3.17. The van der Waals surface area contributed by atoms with Crippen LogP contribution >= 0.6 is 0 Å². The molecule has 1 unspecified atom stereocenters. The Morgan fingerprint density at radius 3 is 2.68 bits per heavy atom. The highest BCUT2D eigenvalue weighted by Gasteiger charge is 2.20. The number of carbonyl (C=O) groups excluding carboxylic acids is 1. The van der Waals surface area contributed by atoms with Crippen LogP contribution in [0.5, 0.6) is 5.75 Å². The van der Waals surface area contributed by atoms with Crippen LogP contribution < -0.4 is 10.1 Å². The van der Waals surface area contributed by atoms with E-state index in [9.17, 15) is 14.9 Å². The fourth-order valence-corrected chi connectivity index (χ4v) is 2.85. The summed E-state index contributed by atoms with van der Waals surface area (Å²) in [6, 6.07) is 13.4. The number of nitro groups is 1. The minimum atomic E-state index is -0.580. The molecule has 1 amide bonds. The number of amides is 1. The predicted octanol–water partition coefficient (Wildman–Crippen LogP) is 3.59. The van der Waals surface area contributed by atoms with Gasteiger partial charge in [0.2, 0.25) is 0 Å². The van der Waals surface area contributed by atoms with Crippen molar-refractivity contribution in [3.05, 3.63) is 81.7 Å². The monoisotopic (exact) mass is 380 g/mol. The Morgan fingerprint density at radius 1 is 1.25 bits per heavy atom. The topological polar surface area (TPSA) is 99.3 Å². The fourth-order valence-electron chi connectivity index (χ4n) is 2.85. The van der Waals surface area contributed by atoms with Crippen LogP contribution in [0.15, 0.2) is 54.7 Å². The van der Waals surface area contributed by atoms with Crippen LogP contribution in [0.1, 0.15) is 34.6 Å². The summed E-state index contributed by atoms with van der Waals surface area (Å²) >= 11 is 0. The van der Waals surface area contributed by atoms with Crippen molar-refractivity contribution in [2.75, 3.05) is 7.11 Å². The van der Waals surface area contributed by atoms with Gasteiger partial charge in [0.25, 0.3) is 5.91 Å². The van der Waals surface area contributed by atoms with Crippen molar-refractivity contribution >= 4 is 11.6 Å². The zero-order valence-corrected chi connectivity index (χ0v) is 15.7. The van der Waals surface area contributed by atoms with Gasteiger partial charge >= 0.3 is 5.69 Å². The van der Waals surface area contributed by atoms with E-state index in [0.717, 1.165) is 11.3 Å². The summed E-state index contributed by atoms with van der Waals surface area (Å²) in [6.07, 6.45) is 1.83. The molecule has 0 fully saturated rings. The molecule has 8 nitrogen and oxygen atoms in total. The van der Waals surface area contributed by atoms with Gasteiger partial charge in [-0.25, -0.2) is 4.68 Å². The number of hydrogen-bond acceptors (Lipinski definition) is 5.